The van der Waals surface area contributed by atoms with Crippen LogP contribution in [0.5, 0.6) is 0 Å². The molecule has 7 nitrogen and oxygen atoms in total. The molecule has 3 amide bonds. The highest BCUT2D eigenvalue weighted by molar-refractivity contribution is 6.21. The molecule has 1 heterocycles. The maximum atomic E-state index is 13.8. The Balaban J connectivity index is 1.39. The van der Waals surface area contributed by atoms with Gasteiger partial charge in [-0.15, -0.1) is 0 Å². The zero-order valence-corrected chi connectivity index (χ0v) is 21.6. The third-order valence-electron chi connectivity index (χ3n) is 6.71. The van der Waals surface area contributed by atoms with Gasteiger partial charge in [0.2, 0.25) is 5.91 Å². The highest BCUT2D eigenvalue weighted by Crippen LogP contribution is 2.22. The average molecular weight is 536 g/mol. The van der Waals surface area contributed by atoms with Gasteiger partial charge in [-0.1, -0.05) is 43.3 Å². The van der Waals surface area contributed by atoms with E-state index in [1.165, 1.54) is 5.56 Å². The first-order valence-corrected chi connectivity index (χ1v) is 12.9. The van der Waals surface area contributed by atoms with Crippen molar-refractivity contribution in [2.75, 3.05) is 13.1 Å². The summed E-state index contributed by atoms with van der Waals surface area (Å²) in [6.07, 6.45) is -0.408. The Morgan fingerprint density at radius 1 is 0.897 bits per heavy atom. The van der Waals surface area contributed by atoms with Crippen LogP contribution in [0.4, 0.5) is 8.78 Å². The van der Waals surface area contributed by atoms with Gasteiger partial charge in [0, 0.05) is 32.1 Å². The van der Waals surface area contributed by atoms with Crippen LogP contribution in [0.3, 0.4) is 0 Å². The van der Waals surface area contributed by atoms with Crippen molar-refractivity contribution in [1.82, 2.24) is 15.5 Å². The first kappa shape index (κ1) is 28.1. The van der Waals surface area contributed by atoms with Gasteiger partial charge < -0.3 is 15.7 Å². The van der Waals surface area contributed by atoms with Crippen molar-refractivity contribution in [3.63, 3.8) is 0 Å². The molecule has 0 saturated heterocycles. The lowest BCUT2D eigenvalue weighted by atomic mass is 10.00. The Bertz CT molecular complexity index is 1310. The molecule has 3 aromatic rings. The van der Waals surface area contributed by atoms with Gasteiger partial charge in [0.1, 0.15) is 11.6 Å². The number of aliphatic hydroxyl groups is 1. The Hall–Kier alpha value is -3.95. The molecule has 0 saturated carbocycles. The van der Waals surface area contributed by atoms with Gasteiger partial charge in [0.15, 0.2) is 0 Å². The molecule has 0 fully saturated rings. The number of aliphatic hydroxyl groups excluding tert-OH is 1. The minimum Gasteiger partial charge on any atom is -0.390 e. The van der Waals surface area contributed by atoms with Crippen LogP contribution in [0.2, 0.25) is 0 Å². The molecule has 39 heavy (non-hydrogen) atoms. The molecule has 1 aliphatic rings. The molecule has 204 valence electrons. The Morgan fingerprint density at radius 3 is 2.18 bits per heavy atom. The first-order valence-electron chi connectivity index (χ1n) is 12.9. The maximum absolute atomic E-state index is 13.8. The number of rotatable bonds is 12. The molecule has 0 bridgehead atoms. The number of carbonyl (C=O) groups is 3. The Kier molecular flexibility index (Phi) is 9.16. The normalized spacial score (nSPS) is 14.3. The SMILES string of the molecule is CCc1cccc(CNCC(O)C(Cc2cc(F)cc(F)c2)NC(=O)CCN2C(=O)c3ccccc3C2=O)c1. The number of halogens is 2. The van der Waals surface area contributed by atoms with Gasteiger partial charge in [-0.2, -0.15) is 0 Å². The van der Waals surface area contributed by atoms with Crippen LogP contribution in [0, 0.1) is 11.6 Å². The van der Waals surface area contributed by atoms with E-state index in [9.17, 15) is 28.3 Å². The van der Waals surface area contributed by atoms with Crippen LogP contribution in [0.1, 0.15) is 50.8 Å². The van der Waals surface area contributed by atoms with Gasteiger partial charge >= 0.3 is 0 Å². The van der Waals surface area contributed by atoms with Crippen molar-refractivity contribution < 1.29 is 28.3 Å². The lowest BCUT2D eigenvalue weighted by Gasteiger charge is -2.25. The summed E-state index contributed by atoms with van der Waals surface area (Å²) in [5, 5.41) is 16.8. The van der Waals surface area contributed by atoms with Crippen molar-refractivity contribution in [3.8, 4) is 0 Å². The van der Waals surface area contributed by atoms with Crippen molar-refractivity contribution in [1.29, 1.82) is 0 Å². The van der Waals surface area contributed by atoms with Gasteiger partial charge in [-0.25, -0.2) is 8.78 Å². The van der Waals surface area contributed by atoms with Crippen LogP contribution >= 0.6 is 0 Å². The smallest absolute Gasteiger partial charge is 0.261 e. The number of nitrogens with one attached hydrogen (secondary N) is 2. The molecule has 0 aromatic heterocycles. The zero-order valence-electron chi connectivity index (χ0n) is 21.6. The minimum absolute atomic E-state index is 0.0262. The molecular formula is C30H31F2N3O4. The molecule has 3 N–H and O–H groups in total. The van der Waals surface area contributed by atoms with E-state index in [0.717, 1.165) is 35.1 Å². The number of benzene rings is 3. The fourth-order valence-electron chi connectivity index (χ4n) is 4.67. The second-order valence-corrected chi connectivity index (χ2v) is 9.59. The fraction of sp³-hybridized carbons (Fsp3) is 0.300. The summed E-state index contributed by atoms with van der Waals surface area (Å²) in [5.74, 6) is -2.96. The van der Waals surface area contributed by atoms with Crippen LogP contribution in [0.15, 0.2) is 66.7 Å². The van der Waals surface area contributed by atoms with Gasteiger partial charge in [0.05, 0.1) is 23.3 Å². The molecular weight excluding hydrogens is 504 g/mol. The van der Waals surface area contributed by atoms with Crippen LogP contribution in [-0.4, -0.2) is 53.0 Å². The van der Waals surface area contributed by atoms with Crippen molar-refractivity contribution in [2.45, 2.75) is 44.9 Å². The van der Waals surface area contributed by atoms with E-state index >= 15 is 0 Å². The highest BCUT2D eigenvalue weighted by atomic mass is 19.1. The number of fused-ring (bicyclic) bond motifs is 1. The summed E-state index contributed by atoms with van der Waals surface area (Å²) in [7, 11) is 0. The molecule has 2 unspecified atom stereocenters. The van der Waals surface area contributed by atoms with E-state index in [2.05, 4.69) is 23.6 Å². The molecule has 4 rings (SSSR count). The predicted molar refractivity (Wildman–Crippen MR) is 142 cm³/mol. The standard InChI is InChI=1S/C30H31F2N3O4/c1-2-19-6-5-7-20(12-19)17-33-18-27(36)26(15-21-13-22(31)16-23(32)14-21)34-28(37)10-11-35-29(38)24-8-3-4-9-25(24)30(35)39/h3-9,12-14,16,26-27,33,36H,2,10-11,15,17-18H2,1H3,(H,34,37). The van der Waals surface area contributed by atoms with E-state index in [1.54, 1.807) is 24.3 Å². The number of nitrogens with zero attached hydrogens (tertiary/aromatic N) is 1. The maximum Gasteiger partial charge on any atom is 0.261 e. The summed E-state index contributed by atoms with van der Waals surface area (Å²) in [6, 6.07) is 16.6. The van der Waals surface area contributed by atoms with E-state index < -0.39 is 41.5 Å². The molecule has 9 heteroatoms. The van der Waals surface area contributed by atoms with E-state index in [4.69, 9.17) is 0 Å². The number of carbonyl (C=O) groups excluding carboxylic acids is 3. The van der Waals surface area contributed by atoms with Gasteiger partial charge in [0.25, 0.3) is 11.8 Å². The van der Waals surface area contributed by atoms with Crippen molar-refractivity contribution in [2.24, 2.45) is 0 Å². The van der Waals surface area contributed by atoms with E-state index in [0.29, 0.717) is 17.7 Å². The summed E-state index contributed by atoms with van der Waals surface area (Å²) in [4.78, 5) is 39.0. The molecule has 2 atom stereocenters. The summed E-state index contributed by atoms with van der Waals surface area (Å²) >= 11 is 0. The second-order valence-electron chi connectivity index (χ2n) is 9.59. The summed E-state index contributed by atoms with van der Waals surface area (Å²) in [6.45, 7) is 2.52. The first-order chi connectivity index (χ1) is 18.7. The molecule has 0 spiro atoms. The molecule has 1 aliphatic heterocycles. The van der Waals surface area contributed by atoms with Crippen LogP contribution < -0.4 is 10.6 Å². The topological polar surface area (TPSA) is 98.7 Å². The van der Waals surface area contributed by atoms with Gasteiger partial charge in [-0.3, -0.25) is 19.3 Å². The molecule has 3 aromatic carbocycles. The number of imide groups is 1. The highest BCUT2D eigenvalue weighted by Gasteiger charge is 2.35. The Labute approximate surface area is 225 Å². The number of aryl methyl sites for hydroxylation is 1. The largest absolute Gasteiger partial charge is 0.390 e. The van der Waals surface area contributed by atoms with E-state index in [-0.39, 0.29) is 31.5 Å². The third-order valence-corrected chi connectivity index (χ3v) is 6.71. The minimum atomic E-state index is -1.09. The molecule has 0 radical (unpaired) electrons. The Morgan fingerprint density at radius 2 is 1.54 bits per heavy atom. The van der Waals surface area contributed by atoms with Gasteiger partial charge in [-0.05, 0) is 53.8 Å². The third kappa shape index (κ3) is 7.13. The fourth-order valence-corrected chi connectivity index (χ4v) is 4.67. The lowest BCUT2D eigenvalue weighted by Crippen LogP contribution is -2.49. The monoisotopic (exact) mass is 535 g/mol. The number of amides is 3. The summed E-state index contributed by atoms with van der Waals surface area (Å²) in [5.41, 5.74) is 3.08. The molecule has 0 aliphatic carbocycles. The average Bonchev–Trinajstić information content (AvgIpc) is 3.15. The summed E-state index contributed by atoms with van der Waals surface area (Å²) < 4.78 is 27.6. The zero-order chi connectivity index (χ0) is 27.9. The number of hydrogen-bond acceptors (Lipinski definition) is 5. The number of hydrogen-bond donors (Lipinski definition) is 3. The second kappa shape index (κ2) is 12.7. The van der Waals surface area contributed by atoms with E-state index in [1.807, 2.05) is 18.2 Å². The van der Waals surface area contributed by atoms with Crippen molar-refractivity contribution >= 4 is 17.7 Å². The van der Waals surface area contributed by atoms with Crippen LogP contribution in [0.25, 0.3) is 0 Å². The van der Waals surface area contributed by atoms with Crippen LogP contribution in [-0.2, 0) is 24.2 Å². The lowest BCUT2D eigenvalue weighted by molar-refractivity contribution is -0.122. The van der Waals surface area contributed by atoms with Crippen molar-refractivity contribution in [3.05, 3.63) is 106 Å². The quantitative estimate of drug-likeness (QED) is 0.309. The predicted octanol–water partition coefficient (Wildman–Crippen LogP) is 3.39.